The number of H-pyrrole nitrogens is 1. The molecular weight excluding hydrogens is 434 g/mol. The number of benzene rings is 1. The Morgan fingerprint density at radius 2 is 2.22 bits per heavy atom. The van der Waals surface area contributed by atoms with E-state index < -0.39 is 17.9 Å². The highest BCUT2D eigenvalue weighted by Crippen LogP contribution is 2.29. The van der Waals surface area contributed by atoms with Crippen LogP contribution in [0.4, 0.5) is 17.6 Å². The van der Waals surface area contributed by atoms with Crippen molar-refractivity contribution in [3.8, 4) is 5.75 Å². The minimum absolute atomic E-state index is 0.0785. The van der Waals surface area contributed by atoms with Gasteiger partial charge in [-0.15, -0.1) is 13.2 Å². The van der Waals surface area contributed by atoms with Crippen LogP contribution in [-0.4, -0.2) is 61.0 Å². The molecule has 0 spiro atoms. The largest absolute Gasteiger partial charge is 0.573 e. The quantitative estimate of drug-likeness (QED) is 0.439. The van der Waals surface area contributed by atoms with Gasteiger partial charge in [0.05, 0.1) is 17.6 Å². The van der Waals surface area contributed by atoms with Crippen LogP contribution < -0.4 is 10.1 Å². The molecule has 3 aromatic rings. The fraction of sp³-hybridized carbons (Fsp3) is 0.368. The Labute approximate surface area is 179 Å². The van der Waals surface area contributed by atoms with Crippen molar-refractivity contribution in [2.75, 3.05) is 13.1 Å². The highest BCUT2D eigenvalue weighted by molar-refractivity contribution is 5.90. The number of hydrogen-bond acceptors (Lipinski definition) is 6. The lowest BCUT2D eigenvalue weighted by Crippen LogP contribution is -2.47. The number of carbonyl (C=O) groups is 1. The molecule has 0 radical (unpaired) electrons. The van der Waals surface area contributed by atoms with Crippen LogP contribution in [0.1, 0.15) is 18.7 Å². The molecule has 3 heterocycles. The van der Waals surface area contributed by atoms with Gasteiger partial charge in [-0.25, -0.2) is 19.0 Å². The number of rotatable bonds is 6. The van der Waals surface area contributed by atoms with Crippen LogP contribution in [0.25, 0.3) is 17.2 Å². The van der Waals surface area contributed by atoms with Gasteiger partial charge >= 0.3 is 6.36 Å². The maximum Gasteiger partial charge on any atom is 0.573 e. The van der Waals surface area contributed by atoms with E-state index in [1.807, 2.05) is 0 Å². The molecule has 1 aliphatic rings. The van der Waals surface area contributed by atoms with Crippen LogP contribution in [0.3, 0.4) is 0 Å². The van der Waals surface area contributed by atoms with Crippen molar-refractivity contribution in [3.05, 3.63) is 42.5 Å². The SMILES string of the molecule is O=C(/C=C/n1cncn1)N[C@H]1CCCN(Cc2nc3cc(OC(F)(F)F)c(F)cc3[nH]2)C1. The second-order valence-corrected chi connectivity index (χ2v) is 7.31. The van der Waals surface area contributed by atoms with E-state index in [0.717, 1.165) is 31.5 Å². The van der Waals surface area contributed by atoms with E-state index >= 15 is 0 Å². The van der Waals surface area contributed by atoms with E-state index in [2.05, 4.69) is 35.0 Å². The number of piperidine rings is 1. The Hall–Kier alpha value is -3.48. The van der Waals surface area contributed by atoms with Crippen LogP contribution in [0.5, 0.6) is 5.75 Å². The number of amides is 1. The van der Waals surface area contributed by atoms with E-state index in [-0.39, 0.29) is 23.0 Å². The average molecular weight is 453 g/mol. The predicted molar refractivity (Wildman–Crippen MR) is 105 cm³/mol. The van der Waals surface area contributed by atoms with Gasteiger partial charge in [-0.05, 0) is 19.4 Å². The summed E-state index contributed by atoms with van der Waals surface area (Å²) in [7, 11) is 0. The van der Waals surface area contributed by atoms with Gasteiger partial charge in [0.25, 0.3) is 0 Å². The predicted octanol–water partition coefficient (Wildman–Crippen LogP) is 2.44. The fourth-order valence-corrected chi connectivity index (χ4v) is 3.56. The molecule has 13 heteroatoms. The van der Waals surface area contributed by atoms with Gasteiger partial charge < -0.3 is 15.0 Å². The summed E-state index contributed by atoms with van der Waals surface area (Å²) in [5.41, 5.74) is 0.438. The molecule has 1 saturated heterocycles. The number of ether oxygens (including phenoxy) is 1. The van der Waals surface area contributed by atoms with Crippen molar-refractivity contribution in [2.24, 2.45) is 0 Å². The number of likely N-dealkylation sites (tertiary alicyclic amines) is 1. The second kappa shape index (κ2) is 8.94. The maximum absolute atomic E-state index is 13.9. The molecule has 0 aliphatic carbocycles. The summed E-state index contributed by atoms with van der Waals surface area (Å²) < 4.78 is 56.3. The summed E-state index contributed by atoms with van der Waals surface area (Å²) in [5.74, 6) is -1.85. The molecule has 4 rings (SSSR count). The van der Waals surface area contributed by atoms with Crippen molar-refractivity contribution in [1.29, 1.82) is 0 Å². The zero-order chi connectivity index (χ0) is 22.7. The van der Waals surface area contributed by atoms with E-state index in [0.29, 0.717) is 18.9 Å². The average Bonchev–Trinajstić information content (AvgIpc) is 3.35. The highest BCUT2D eigenvalue weighted by Gasteiger charge is 2.32. The third-order valence-corrected chi connectivity index (χ3v) is 4.85. The van der Waals surface area contributed by atoms with Crippen LogP contribution in [0.2, 0.25) is 0 Å². The van der Waals surface area contributed by atoms with Crippen LogP contribution in [-0.2, 0) is 11.3 Å². The minimum atomic E-state index is -4.99. The standard InChI is InChI=1S/C19H19F4N7O2/c20-13-6-14-15(7-16(13)32-19(21,22)23)28-17(27-14)9-29-4-1-2-12(8-29)26-18(31)3-5-30-11-24-10-25-30/h3,5-7,10-12H,1-2,4,8-9H2,(H,26,31)(H,27,28)/b5-3+/t12-/m0/s1. The number of nitrogens with one attached hydrogen (secondary N) is 2. The van der Waals surface area contributed by atoms with Crippen LogP contribution in [0.15, 0.2) is 30.9 Å². The molecule has 1 aromatic carbocycles. The molecule has 1 aliphatic heterocycles. The van der Waals surface area contributed by atoms with Crippen molar-refractivity contribution < 1.29 is 27.1 Å². The summed E-state index contributed by atoms with van der Waals surface area (Å²) in [6, 6.07) is 1.76. The van der Waals surface area contributed by atoms with Gasteiger partial charge in [-0.2, -0.15) is 5.10 Å². The lowest BCUT2D eigenvalue weighted by Gasteiger charge is -2.32. The van der Waals surface area contributed by atoms with E-state index in [9.17, 15) is 22.4 Å². The number of halogens is 4. The van der Waals surface area contributed by atoms with Crippen molar-refractivity contribution in [2.45, 2.75) is 31.8 Å². The first kappa shape index (κ1) is 21.7. The number of nitrogens with zero attached hydrogens (tertiary/aromatic N) is 5. The second-order valence-electron chi connectivity index (χ2n) is 7.31. The van der Waals surface area contributed by atoms with Crippen molar-refractivity contribution in [3.63, 3.8) is 0 Å². The topological polar surface area (TPSA) is 101 Å². The van der Waals surface area contributed by atoms with Gasteiger partial charge in [-0.3, -0.25) is 9.69 Å². The smallest absolute Gasteiger partial charge is 0.403 e. The molecule has 9 nitrogen and oxygen atoms in total. The number of alkyl halides is 3. The normalized spacial score (nSPS) is 17.8. The zero-order valence-electron chi connectivity index (χ0n) is 16.6. The fourth-order valence-electron chi connectivity index (χ4n) is 3.56. The van der Waals surface area contributed by atoms with E-state index in [1.165, 1.54) is 29.6 Å². The summed E-state index contributed by atoms with van der Waals surface area (Å²) >= 11 is 0. The summed E-state index contributed by atoms with van der Waals surface area (Å²) in [6.07, 6.45) is 2.33. The molecule has 1 amide bonds. The molecule has 2 N–H and O–H groups in total. The first-order chi connectivity index (χ1) is 15.2. The molecule has 32 heavy (non-hydrogen) atoms. The summed E-state index contributed by atoms with van der Waals surface area (Å²) in [5, 5.41) is 6.80. The molecule has 0 unspecified atom stereocenters. The first-order valence-corrected chi connectivity index (χ1v) is 9.74. The number of hydrogen-bond donors (Lipinski definition) is 2. The third-order valence-electron chi connectivity index (χ3n) is 4.85. The van der Waals surface area contributed by atoms with Crippen LogP contribution >= 0.6 is 0 Å². The molecule has 170 valence electrons. The Balaban J connectivity index is 1.37. The van der Waals surface area contributed by atoms with E-state index in [4.69, 9.17) is 0 Å². The number of fused-ring (bicyclic) bond motifs is 1. The summed E-state index contributed by atoms with van der Waals surface area (Å²) in [4.78, 5) is 25.1. The number of aromatic nitrogens is 5. The van der Waals surface area contributed by atoms with Gasteiger partial charge in [0.2, 0.25) is 5.91 Å². The third kappa shape index (κ3) is 5.60. The summed E-state index contributed by atoms with van der Waals surface area (Å²) in [6.45, 7) is 1.69. The number of carbonyl (C=O) groups excluding carboxylic acids is 1. The molecule has 1 fully saturated rings. The number of imidazole rings is 1. The van der Waals surface area contributed by atoms with Gasteiger partial charge in [0.15, 0.2) is 11.6 Å². The van der Waals surface area contributed by atoms with Crippen molar-refractivity contribution in [1.82, 2.24) is 34.9 Å². The minimum Gasteiger partial charge on any atom is -0.403 e. The maximum atomic E-state index is 13.9. The number of aromatic amines is 1. The lowest BCUT2D eigenvalue weighted by atomic mass is 10.1. The van der Waals surface area contributed by atoms with E-state index in [1.54, 1.807) is 0 Å². The Morgan fingerprint density at radius 1 is 1.38 bits per heavy atom. The molecule has 1 atom stereocenters. The lowest BCUT2D eigenvalue weighted by molar-refractivity contribution is -0.275. The van der Waals surface area contributed by atoms with Gasteiger partial charge in [0.1, 0.15) is 18.5 Å². The van der Waals surface area contributed by atoms with Crippen LogP contribution in [0, 0.1) is 5.82 Å². The van der Waals surface area contributed by atoms with Gasteiger partial charge in [0, 0.05) is 37.0 Å². The Bertz CT molecular complexity index is 1110. The molecule has 0 saturated carbocycles. The molecule has 0 bridgehead atoms. The first-order valence-electron chi connectivity index (χ1n) is 9.74. The highest BCUT2D eigenvalue weighted by atomic mass is 19.4. The zero-order valence-corrected chi connectivity index (χ0v) is 16.6. The molecular formula is C19H19F4N7O2. The Morgan fingerprint density at radius 3 is 2.97 bits per heavy atom. The monoisotopic (exact) mass is 453 g/mol. The van der Waals surface area contributed by atoms with Gasteiger partial charge in [-0.1, -0.05) is 0 Å². The molecule has 2 aromatic heterocycles. The Kier molecular flexibility index (Phi) is 6.08. The van der Waals surface area contributed by atoms with Crippen molar-refractivity contribution >= 4 is 23.1 Å².